The molecule has 0 saturated heterocycles. The molecule has 0 amide bonds. The Labute approximate surface area is 409 Å². The van der Waals surface area contributed by atoms with Crippen molar-refractivity contribution < 1.29 is 5.48 Å². The van der Waals surface area contributed by atoms with Crippen molar-refractivity contribution in [1.82, 2.24) is 34.2 Å². The van der Waals surface area contributed by atoms with Gasteiger partial charge in [-0.3, -0.25) is 39.2 Å². The molecule has 9 rings (SSSR count). The quantitative estimate of drug-likeness (QED) is 0.0825. The van der Waals surface area contributed by atoms with Crippen molar-refractivity contribution in [2.75, 3.05) is 17.2 Å². The zero-order chi connectivity index (χ0) is 50.1. The van der Waals surface area contributed by atoms with Crippen LogP contribution in [0.3, 0.4) is 0 Å². The number of aromatic nitrogens is 6. The number of rotatable bonds is 5. The number of hydrogen-bond acceptors (Lipinski definition) is 13. The summed E-state index contributed by atoms with van der Waals surface area (Å²) in [6.07, 6.45) is 9.68. The van der Waals surface area contributed by atoms with Crippen LogP contribution < -0.4 is 51.5 Å². The fraction of sp³-hybridized carbons (Fsp3) is 0.118. The second kappa shape index (κ2) is 23.5. The van der Waals surface area contributed by atoms with Gasteiger partial charge in [0.25, 0.3) is 16.7 Å². The monoisotopic (exact) mass is 960 g/mol. The molecule has 0 bridgehead atoms. The normalized spacial score (nSPS) is 13.6. The number of hydrogen-bond donors (Lipinski definition) is 8. The average Bonchev–Trinajstić information content (AvgIpc) is 3.77. The Kier molecular flexibility index (Phi) is 17.9. The lowest BCUT2D eigenvalue weighted by molar-refractivity contribution is 0.630. The highest BCUT2D eigenvalue weighted by atomic mass is 16.1. The van der Waals surface area contributed by atoms with Crippen molar-refractivity contribution in [3.63, 3.8) is 0 Å². The van der Waals surface area contributed by atoms with Gasteiger partial charge in [0.2, 0.25) is 0 Å². The maximum atomic E-state index is 12.8. The Morgan fingerprint density at radius 2 is 0.775 bits per heavy atom. The van der Waals surface area contributed by atoms with Gasteiger partial charge < -0.3 is 40.3 Å². The Bertz CT molecular complexity index is 3260. The molecule has 368 valence electrons. The zero-order valence-corrected chi connectivity index (χ0v) is 40.3. The van der Waals surface area contributed by atoms with Crippen LogP contribution in [0, 0.1) is 31.6 Å². The number of nitrogens with two attached hydrogens (primary N) is 5. The van der Waals surface area contributed by atoms with Gasteiger partial charge in [0, 0.05) is 43.9 Å². The average molecular weight is 961 g/mol. The topological polar surface area (TPSA) is 350 Å². The Balaban J connectivity index is 0.000000215. The predicted molar refractivity (Wildman–Crippen MR) is 288 cm³/mol. The van der Waals surface area contributed by atoms with E-state index in [-0.39, 0.29) is 39.7 Å². The first-order valence-electron chi connectivity index (χ1n) is 21.4. The first-order chi connectivity index (χ1) is 32.9. The van der Waals surface area contributed by atoms with E-state index in [9.17, 15) is 14.4 Å². The molecule has 0 spiro atoms. The highest BCUT2D eigenvalue weighted by molar-refractivity contribution is 6.51. The number of para-hydroxylation sites is 3. The number of nitrogen functional groups attached to an aromatic ring is 3. The maximum absolute atomic E-state index is 12.8. The minimum Gasteiger partial charge on any atom is -0.412 e. The molecule has 3 aromatic heterocycles. The van der Waals surface area contributed by atoms with E-state index in [4.69, 9.17) is 39.5 Å². The molecular formula is C51H60N16O4. The van der Waals surface area contributed by atoms with Crippen molar-refractivity contribution in [3.8, 4) is 17.1 Å². The molecule has 0 radical (unpaired) electrons. The van der Waals surface area contributed by atoms with Crippen molar-refractivity contribution in [2.24, 2.45) is 42.6 Å². The lowest BCUT2D eigenvalue weighted by Crippen LogP contribution is -2.20. The van der Waals surface area contributed by atoms with Gasteiger partial charge in [0.05, 0.1) is 57.0 Å². The molecule has 2 aliphatic rings. The zero-order valence-electron chi connectivity index (χ0n) is 40.3. The molecule has 0 aliphatic heterocycles. The molecule has 3 heterocycles. The van der Waals surface area contributed by atoms with Crippen LogP contribution in [0.15, 0.2) is 187 Å². The van der Waals surface area contributed by atoms with Crippen LogP contribution in [0.4, 0.5) is 28.4 Å². The lowest BCUT2D eigenvalue weighted by atomic mass is 10.1. The van der Waals surface area contributed by atoms with Gasteiger partial charge in [-0.25, -0.2) is 24.0 Å². The molecule has 0 atom stereocenters. The van der Waals surface area contributed by atoms with Crippen molar-refractivity contribution in [2.45, 2.75) is 20.8 Å². The van der Waals surface area contributed by atoms with Crippen LogP contribution in [-0.4, -0.2) is 56.4 Å². The molecule has 7 aromatic rings. The van der Waals surface area contributed by atoms with E-state index in [1.165, 1.54) is 12.2 Å². The molecule has 0 saturated carbocycles. The molecule has 20 nitrogen and oxygen atoms in total. The minimum atomic E-state index is -0.215. The van der Waals surface area contributed by atoms with Crippen LogP contribution in [0.5, 0.6) is 0 Å². The van der Waals surface area contributed by atoms with Gasteiger partial charge in [0.1, 0.15) is 5.69 Å². The number of nitrogens with zero attached hydrogens (tertiary/aromatic N) is 8. The fourth-order valence-corrected chi connectivity index (χ4v) is 7.06. The van der Waals surface area contributed by atoms with Crippen molar-refractivity contribution in [3.05, 3.63) is 211 Å². The summed E-state index contributed by atoms with van der Waals surface area (Å²) in [6, 6.07) is 35.4. The third kappa shape index (κ3) is 12.1. The smallest absolute Gasteiger partial charge is 0.297 e. The van der Waals surface area contributed by atoms with Crippen molar-refractivity contribution in [1.29, 1.82) is 10.8 Å². The summed E-state index contributed by atoms with van der Waals surface area (Å²) in [7, 11) is 5.45. The molecule has 0 unspecified atom stereocenters. The van der Waals surface area contributed by atoms with E-state index < -0.39 is 0 Å². The molecule has 71 heavy (non-hydrogen) atoms. The van der Waals surface area contributed by atoms with Gasteiger partial charge in [-0.05, 0) is 112 Å². The van der Waals surface area contributed by atoms with E-state index in [1.54, 1.807) is 70.6 Å². The van der Waals surface area contributed by atoms with E-state index >= 15 is 0 Å². The van der Waals surface area contributed by atoms with Crippen LogP contribution in [0.1, 0.15) is 17.1 Å². The highest BCUT2D eigenvalue weighted by Crippen LogP contribution is 2.20. The molecular weight excluding hydrogens is 901 g/mol. The third-order valence-corrected chi connectivity index (χ3v) is 11.1. The van der Waals surface area contributed by atoms with Crippen molar-refractivity contribution >= 4 is 51.3 Å². The van der Waals surface area contributed by atoms with Crippen LogP contribution in [-0.2, 0) is 21.1 Å². The number of anilines is 3. The Morgan fingerprint density at radius 1 is 0.451 bits per heavy atom. The maximum Gasteiger partial charge on any atom is 0.297 e. The van der Waals surface area contributed by atoms with Gasteiger partial charge in [-0.2, -0.15) is 0 Å². The number of nitrogens with one attached hydrogen (secondary N) is 2. The predicted octanol–water partition coefficient (Wildman–Crippen LogP) is 5.23. The van der Waals surface area contributed by atoms with Crippen LogP contribution in [0.25, 0.3) is 17.1 Å². The summed E-state index contributed by atoms with van der Waals surface area (Å²) in [5, 5.41) is 15.9. The second-order valence-electron chi connectivity index (χ2n) is 15.7. The summed E-state index contributed by atoms with van der Waals surface area (Å²) >= 11 is 0. The summed E-state index contributed by atoms with van der Waals surface area (Å²) < 4.78 is 9.97. The summed E-state index contributed by atoms with van der Waals surface area (Å²) in [5.74, 6) is 0. The van der Waals surface area contributed by atoms with Gasteiger partial charge >= 0.3 is 0 Å². The third-order valence-electron chi connectivity index (χ3n) is 11.1. The molecule has 2 aliphatic carbocycles. The fourth-order valence-electron chi connectivity index (χ4n) is 7.06. The Hall–Kier alpha value is -9.53. The second-order valence-corrected chi connectivity index (χ2v) is 15.7. The molecule has 4 aromatic carbocycles. The van der Waals surface area contributed by atoms with Gasteiger partial charge in [0.15, 0.2) is 11.4 Å². The molecule has 17 N–H and O–H groups in total. The number of benzene rings is 4. The van der Waals surface area contributed by atoms with Crippen LogP contribution >= 0.6 is 0 Å². The summed E-state index contributed by atoms with van der Waals surface area (Å²) in [6.45, 7) is 5.50. The number of allylic oxidation sites excluding steroid dienone is 6. The van der Waals surface area contributed by atoms with E-state index in [2.05, 4.69) is 9.98 Å². The Morgan fingerprint density at radius 3 is 1.06 bits per heavy atom. The highest BCUT2D eigenvalue weighted by Gasteiger charge is 2.19. The van der Waals surface area contributed by atoms with E-state index in [1.807, 2.05) is 139 Å². The van der Waals surface area contributed by atoms with Gasteiger partial charge in [-0.15, -0.1) is 0 Å². The van der Waals surface area contributed by atoms with E-state index in [0.29, 0.717) is 51.3 Å². The largest absolute Gasteiger partial charge is 0.412 e. The summed E-state index contributed by atoms with van der Waals surface area (Å²) in [4.78, 5) is 46.1. The van der Waals surface area contributed by atoms with Crippen LogP contribution in [0.2, 0.25) is 0 Å². The first kappa shape index (κ1) is 54.1. The first-order valence-corrected chi connectivity index (χ1v) is 21.4. The number of aliphatic imine (C=N–C) groups is 2. The SMILES string of the molecule is Cc1c(N)c(=O)n(-c2ccccc2)n1C.Cc1c(N=C2C=CC(N)=CC2=N)c(=O)n(-c2ccccc2)n1C.Cc1c(N=C2C=CC(N)=CC2=N)c(=O)n(-c2ccccc2)n1C.N.Nc1cccc(N)c1.O. The summed E-state index contributed by atoms with van der Waals surface area (Å²) in [5.41, 5.74) is 36.4. The molecule has 0 fully saturated rings. The van der Waals surface area contributed by atoms with E-state index in [0.717, 1.165) is 34.1 Å². The minimum absolute atomic E-state index is 0. The van der Waals surface area contributed by atoms with Gasteiger partial charge in [-0.1, -0.05) is 60.7 Å². The standard InChI is InChI=1S/2C17H17N5O.C11H13N3O.C6H8N2.H3N.H2O/c2*1-11-16(20-15-9-8-12(18)10-14(15)19)17(23)22(21(11)2)13-6-4-3-5-7-13;1-8-10(12)11(15)14(13(8)2)9-6-4-3-5-7-9;7-5-2-1-3-6(8)4-5;;/h2*3-10,19H,18H2,1-2H3;3-7H,12H2,1-2H3;1-4H,7-8H2;1H3;1H2. The molecule has 20 heteroatoms. The lowest BCUT2D eigenvalue weighted by Gasteiger charge is -2.07.